The zero-order valence-electron chi connectivity index (χ0n) is 4.58. The third kappa shape index (κ3) is 1.35. The van der Waals surface area contributed by atoms with E-state index in [4.69, 9.17) is 0 Å². The van der Waals surface area contributed by atoms with Crippen molar-refractivity contribution in [3.05, 3.63) is 10.1 Å². The summed E-state index contributed by atoms with van der Waals surface area (Å²) in [6.07, 6.45) is 3.87. The third-order valence-corrected chi connectivity index (χ3v) is 3.05. The molecule has 0 atom stereocenters. The van der Waals surface area contributed by atoms with Crippen LogP contribution >= 0.6 is 31.9 Å². The maximum atomic E-state index is 3.51. The predicted molar refractivity (Wildman–Crippen MR) is 43.6 cm³/mol. The van der Waals surface area contributed by atoms with E-state index in [-0.39, 0.29) is 0 Å². The molecular weight excluding hydrogens is 232 g/mol. The highest BCUT2D eigenvalue weighted by Crippen LogP contribution is 2.30. The summed E-state index contributed by atoms with van der Waals surface area (Å²) in [5.74, 6) is 0. The van der Waals surface area contributed by atoms with E-state index in [0.29, 0.717) is 0 Å². The van der Waals surface area contributed by atoms with Crippen molar-refractivity contribution in [3.8, 4) is 0 Å². The lowest BCUT2D eigenvalue weighted by Crippen LogP contribution is -1.76. The Bertz CT molecular complexity index is 116. The molecule has 0 aliphatic heterocycles. The predicted octanol–water partition coefficient (Wildman–Crippen LogP) is 3.21. The fraction of sp³-hybridized carbons (Fsp3) is 0.667. The van der Waals surface area contributed by atoms with Crippen molar-refractivity contribution >= 4 is 31.9 Å². The minimum atomic E-state index is 1.05. The summed E-state index contributed by atoms with van der Waals surface area (Å²) in [5, 5.41) is 1.05. The number of hydrogen-bond donors (Lipinski definition) is 0. The van der Waals surface area contributed by atoms with Crippen molar-refractivity contribution < 1.29 is 0 Å². The molecule has 0 spiro atoms. The van der Waals surface area contributed by atoms with Crippen molar-refractivity contribution in [2.75, 3.05) is 5.33 Å². The van der Waals surface area contributed by atoms with E-state index >= 15 is 0 Å². The second-order valence-corrected chi connectivity index (χ2v) is 3.51. The molecule has 0 nitrogen and oxygen atoms in total. The fourth-order valence-corrected chi connectivity index (χ4v) is 2.52. The lowest BCUT2D eigenvalue weighted by atomic mass is 10.3. The van der Waals surface area contributed by atoms with E-state index in [1.807, 2.05) is 0 Å². The Balaban J connectivity index is 2.58. The minimum absolute atomic E-state index is 1.05. The number of allylic oxidation sites excluding steroid dienone is 2. The van der Waals surface area contributed by atoms with Crippen LogP contribution in [0.1, 0.15) is 19.3 Å². The van der Waals surface area contributed by atoms with Crippen molar-refractivity contribution in [3.63, 3.8) is 0 Å². The Morgan fingerprint density at radius 3 is 2.38 bits per heavy atom. The van der Waals surface area contributed by atoms with Gasteiger partial charge in [-0.15, -0.1) is 0 Å². The molecule has 1 rings (SSSR count). The van der Waals surface area contributed by atoms with Gasteiger partial charge in [0.25, 0.3) is 0 Å². The summed E-state index contributed by atoms with van der Waals surface area (Å²) >= 11 is 6.94. The largest absolute Gasteiger partial charge is 0.0880 e. The first-order chi connectivity index (χ1) is 3.84. The Morgan fingerprint density at radius 2 is 2.12 bits per heavy atom. The van der Waals surface area contributed by atoms with Gasteiger partial charge in [0.2, 0.25) is 0 Å². The molecule has 0 unspecified atom stereocenters. The molecule has 0 N–H and O–H groups in total. The van der Waals surface area contributed by atoms with E-state index in [0.717, 1.165) is 5.33 Å². The van der Waals surface area contributed by atoms with Crippen LogP contribution in [0.3, 0.4) is 0 Å². The molecule has 0 saturated carbocycles. The maximum Gasteiger partial charge on any atom is 0.0252 e. The standard InChI is InChI=1S/C6H8Br2/c7-4-5-2-1-3-6(5)8/h1-4H2. The Labute approximate surface area is 66.6 Å². The molecule has 0 radical (unpaired) electrons. The van der Waals surface area contributed by atoms with E-state index < -0.39 is 0 Å². The molecular formula is C6H8Br2. The highest BCUT2D eigenvalue weighted by molar-refractivity contribution is 9.12. The summed E-state index contributed by atoms with van der Waals surface area (Å²) in [7, 11) is 0. The van der Waals surface area contributed by atoms with Crippen LogP contribution in [0.2, 0.25) is 0 Å². The average molecular weight is 240 g/mol. The molecule has 1 aliphatic rings. The molecule has 0 heterocycles. The van der Waals surface area contributed by atoms with Crippen LogP contribution in [0.15, 0.2) is 10.1 Å². The van der Waals surface area contributed by atoms with Crippen molar-refractivity contribution in [1.29, 1.82) is 0 Å². The molecule has 0 aromatic carbocycles. The first-order valence-electron chi connectivity index (χ1n) is 2.77. The van der Waals surface area contributed by atoms with Crippen LogP contribution in [-0.4, -0.2) is 5.33 Å². The second kappa shape index (κ2) is 3.02. The van der Waals surface area contributed by atoms with Gasteiger partial charge in [0.05, 0.1) is 0 Å². The lowest BCUT2D eigenvalue weighted by Gasteiger charge is -1.91. The van der Waals surface area contributed by atoms with Crippen LogP contribution < -0.4 is 0 Å². The van der Waals surface area contributed by atoms with Gasteiger partial charge in [0, 0.05) is 5.33 Å². The highest BCUT2D eigenvalue weighted by atomic mass is 79.9. The van der Waals surface area contributed by atoms with Gasteiger partial charge in [-0.2, -0.15) is 0 Å². The highest BCUT2D eigenvalue weighted by Gasteiger charge is 2.09. The average Bonchev–Trinajstić information content (AvgIpc) is 2.14. The number of halogens is 2. The topological polar surface area (TPSA) is 0 Å². The first-order valence-corrected chi connectivity index (χ1v) is 4.68. The summed E-state index contributed by atoms with van der Waals surface area (Å²) in [4.78, 5) is 0. The number of rotatable bonds is 1. The van der Waals surface area contributed by atoms with Crippen LogP contribution in [-0.2, 0) is 0 Å². The Hall–Kier alpha value is 0.700. The van der Waals surface area contributed by atoms with Crippen LogP contribution in [0.4, 0.5) is 0 Å². The van der Waals surface area contributed by atoms with Crippen LogP contribution in [0, 0.1) is 0 Å². The van der Waals surface area contributed by atoms with Gasteiger partial charge in [-0.05, 0) is 29.3 Å². The summed E-state index contributed by atoms with van der Waals surface area (Å²) in [6.45, 7) is 0. The van der Waals surface area contributed by atoms with Gasteiger partial charge in [0.15, 0.2) is 0 Å². The molecule has 1 aliphatic carbocycles. The maximum absolute atomic E-state index is 3.51. The van der Waals surface area contributed by atoms with Crippen molar-refractivity contribution in [1.82, 2.24) is 0 Å². The molecule has 0 aromatic rings. The zero-order chi connectivity index (χ0) is 5.98. The van der Waals surface area contributed by atoms with Crippen molar-refractivity contribution in [2.24, 2.45) is 0 Å². The van der Waals surface area contributed by atoms with Gasteiger partial charge >= 0.3 is 0 Å². The Kier molecular flexibility index (Phi) is 2.57. The van der Waals surface area contributed by atoms with E-state index in [1.165, 1.54) is 23.7 Å². The zero-order valence-corrected chi connectivity index (χ0v) is 7.76. The molecule has 8 heavy (non-hydrogen) atoms. The van der Waals surface area contributed by atoms with Gasteiger partial charge in [0.1, 0.15) is 0 Å². The summed E-state index contributed by atoms with van der Waals surface area (Å²) < 4.78 is 1.43. The molecule has 0 bridgehead atoms. The first kappa shape index (κ1) is 6.81. The van der Waals surface area contributed by atoms with E-state index in [9.17, 15) is 0 Å². The normalized spacial score (nSPS) is 20.2. The SMILES string of the molecule is BrCC1=C(Br)CCC1. The van der Waals surface area contributed by atoms with E-state index in [1.54, 1.807) is 5.57 Å². The van der Waals surface area contributed by atoms with Gasteiger partial charge in [-0.1, -0.05) is 31.9 Å². The van der Waals surface area contributed by atoms with Crippen LogP contribution in [0.5, 0.6) is 0 Å². The minimum Gasteiger partial charge on any atom is -0.0880 e. The quantitative estimate of drug-likeness (QED) is 0.617. The lowest BCUT2D eigenvalue weighted by molar-refractivity contribution is 0.907. The third-order valence-electron chi connectivity index (χ3n) is 1.42. The monoisotopic (exact) mass is 238 g/mol. The van der Waals surface area contributed by atoms with Crippen molar-refractivity contribution in [2.45, 2.75) is 19.3 Å². The molecule has 0 amide bonds. The summed E-state index contributed by atoms with van der Waals surface area (Å²) in [5.41, 5.74) is 1.55. The van der Waals surface area contributed by atoms with Gasteiger partial charge < -0.3 is 0 Å². The molecule has 0 saturated heterocycles. The molecule has 0 aromatic heterocycles. The Morgan fingerprint density at radius 1 is 1.38 bits per heavy atom. The van der Waals surface area contributed by atoms with Gasteiger partial charge in [-0.3, -0.25) is 0 Å². The number of alkyl halides is 1. The summed E-state index contributed by atoms with van der Waals surface area (Å²) in [6, 6.07) is 0. The molecule has 0 fully saturated rings. The fourth-order valence-electron chi connectivity index (χ4n) is 0.909. The van der Waals surface area contributed by atoms with E-state index in [2.05, 4.69) is 31.9 Å². The second-order valence-electron chi connectivity index (χ2n) is 2.00. The molecule has 46 valence electrons. The van der Waals surface area contributed by atoms with Gasteiger partial charge in [-0.25, -0.2) is 0 Å². The smallest absolute Gasteiger partial charge is 0.0252 e. The molecule has 2 heteroatoms. The number of hydrogen-bond acceptors (Lipinski definition) is 0. The van der Waals surface area contributed by atoms with Crippen LogP contribution in [0.25, 0.3) is 0 Å².